The summed E-state index contributed by atoms with van der Waals surface area (Å²) < 4.78 is 47.4. The Morgan fingerprint density at radius 3 is 1.54 bits per heavy atom. The van der Waals surface area contributed by atoms with Crippen molar-refractivity contribution in [3.05, 3.63) is 144 Å². The molecule has 7 nitrogen and oxygen atoms in total. The molecule has 6 atom stereocenters. The molecular weight excluding hydrogens is 719 g/mol. The van der Waals surface area contributed by atoms with Gasteiger partial charge in [0.15, 0.2) is 12.1 Å². The summed E-state index contributed by atoms with van der Waals surface area (Å²) in [6.07, 6.45) is -0.171. The molecule has 0 N–H and O–H groups in total. The molecule has 0 spiro atoms. The van der Waals surface area contributed by atoms with E-state index in [1.54, 1.807) is 0 Å². The minimum absolute atomic E-state index is 0.281. The molecule has 1 unspecified atom stereocenters. The third kappa shape index (κ3) is 9.95. The molecule has 4 aromatic carbocycles. The van der Waals surface area contributed by atoms with E-state index in [1.165, 1.54) is 0 Å². The van der Waals surface area contributed by atoms with Crippen LogP contribution in [0, 0.1) is 0 Å². The Balaban J connectivity index is 1.32. The fourth-order valence-corrected chi connectivity index (χ4v) is 6.89. The normalized spacial score (nSPS) is 25.9. The lowest BCUT2D eigenvalue weighted by Crippen LogP contribution is -2.63. The molecular formula is C40H45IO7. The van der Waals surface area contributed by atoms with Crippen molar-refractivity contribution in [1.29, 1.82) is 0 Å². The number of ether oxygens (including phenoxy) is 7. The molecule has 48 heavy (non-hydrogen) atoms. The molecule has 4 aromatic rings. The molecule has 0 bridgehead atoms. The molecule has 0 amide bonds. The average Bonchev–Trinajstić information content (AvgIpc) is 3.15. The molecule has 2 saturated heterocycles. The summed E-state index contributed by atoms with van der Waals surface area (Å²) in [5, 5.41) is 0. The quantitative estimate of drug-likeness (QED) is 0.0846. The van der Waals surface area contributed by atoms with Crippen LogP contribution in [0.15, 0.2) is 121 Å². The minimum atomic E-state index is -0.788. The fourth-order valence-electron chi connectivity index (χ4n) is 6.11. The maximum Gasteiger partial charge on any atom is 0.190 e. The van der Waals surface area contributed by atoms with Crippen LogP contribution in [0.1, 0.15) is 41.5 Å². The Labute approximate surface area is 297 Å². The van der Waals surface area contributed by atoms with E-state index in [4.69, 9.17) is 33.2 Å². The summed E-state index contributed by atoms with van der Waals surface area (Å²) in [7, 11) is 0. The van der Waals surface area contributed by atoms with E-state index < -0.39 is 36.5 Å². The molecule has 254 valence electrons. The Bertz CT molecular complexity index is 1450. The molecule has 0 saturated carbocycles. The van der Waals surface area contributed by atoms with E-state index in [0.29, 0.717) is 37.5 Å². The highest BCUT2D eigenvalue weighted by atomic mass is 127. The fraction of sp³-hybridized carbons (Fsp3) is 0.400. The largest absolute Gasteiger partial charge is 0.374 e. The number of rotatable bonds is 16. The van der Waals surface area contributed by atoms with Crippen LogP contribution in [0.3, 0.4) is 0 Å². The Hall–Kier alpha value is -2.67. The van der Waals surface area contributed by atoms with E-state index in [9.17, 15) is 0 Å². The van der Waals surface area contributed by atoms with Gasteiger partial charge in [0.05, 0.1) is 44.1 Å². The molecule has 0 radical (unpaired) electrons. The van der Waals surface area contributed by atoms with E-state index in [0.717, 1.165) is 41.5 Å². The third-order valence-corrected chi connectivity index (χ3v) is 9.85. The number of hydrogen-bond acceptors (Lipinski definition) is 7. The maximum atomic E-state index is 6.89. The van der Waals surface area contributed by atoms with Crippen molar-refractivity contribution in [2.75, 3.05) is 17.6 Å². The summed E-state index contributed by atoms with van der Waals surface area (Å²) in [4.78, 5) is 0. The Kier molecular flexibility index (Phi) is 13.5. The molecule has 2 aliphatic heterocycles. The number of alkyl halides is 1. The van der Waals surface area contributed by atoms with Gasteiger partial charge in [-0.15, -0.1) is 0 Å². The zero-order chi connectivity index (χ0) is 32.9. The van der Waals surface area contributed by atoms with Gasteiger partial charge in [-0.05, 0) is 35.1 Å². The predicted molar refractivity (Wildman–Crippen MR) is 192 cm³/mol. The van der Waals surface area contributed by atoms with Crippen LogP contribution in [-0.2, 0) is 59.6 Å². The van der Waals surface area contributed by atoms with Crippen molar-refractivity contribution >= 4 is 22.6 Å². The summed E-state index contributed by atoms with van der Waals surface area (Å²) in [5.74, 6) is -0.783. The predicted octanol–water partition coefficient (Wildman–Crippen LogP) is 8.03. The maximum absolute atomic E-state index is 6.89. The lowest BCUT2D eigenvalue weighted by Gasteiger charge is -2.48. The van der Waals surface area contributed by atoms with Crippen LogP contribution in [0.2, 0.25) is 0 Å². The first-order valence-electron chi connectivity index (χ1n) is 16.8. The van der Waals surface area contributed by atoms with Gasteiger partial charge in [-0.3, -0.25) is 0 Å². The minimum Gasteiger partial charge on any atom is -0.374 e. The van der Waals surface area contributed by atoms with Gasteiger partial charge in [-0.2, -0.15) is 0 Å². The Morgan fingerprint density at radius 2 is 1.06 bits per heavy atom. The first-order valence-corrected chi connectivity index (χ1v) is 18.4. The van der Waals surface area contributed by atoms with Crippen molar-refractivity contribution in [2.24, 2.45) is 0 Å². The second kappa shape index (κ2) is 18.4. The molecule has 6 rings (SSSR count). The van der Waals surface area contributed by atoms with Gasteiger partial charge in [-0.1, -0.05) is 144 Å². The van der Waals surface area contributed by atoms with E-state index in [-0.39, 0.29) is 6.61 Å². The van der Waals surface area contributed by atoms with Crippen molar-refractivity contribution in [3.63, 3.8) is 0 Å². The molecule has 0 aliphatic carbocycles. The molecule has 2 aliphatic rings. The first kappa shape index (κ1) is 35.2. The highest BCUT2D eigenvalue weighted by Crippen LogP contribution is 2.37. The first-order chi connectivity index (χ1) is 23.7. The smallest absolute Gasteiger partial charge is 0.190 e. The monoisotopic (exact) mass is 764 g/mol. The van der Waals surface area contributed by atoms with Crippen LogP contribution in [0.25, 0.3) is 0 Å². The van der Waals surface area contributed by atoms with Gasteiger partial charge in [0.1, 0.15) is 24.4 Å². The Morgan fingerprint density at radius 1 is 0.583 bits per heavy atom. The van der Waals surface area contributed by atoms with Gasteiger partial charge in [0, 0.05) is 6.42 Å². The van der Waals surface area contributed by atoms with Crippen LogP contribution < -0.4 is 0 Å². The van der Waals surface area contributed by atoms with Gasteiger partial charge in [0.25, 0.3) is 0 Å². The van der Waals surface area contributed by atoms with Crippen LogP contribution in [-0.4, -0.2) is 54.1 Å². The number of benzene rings is 4. The van der Waals surface area contributed by atoms with E-state index in [2.05, 4.69) is 71.1 Å². The van der Waals surface area contributed by atoms with E-state index >= 15 is 0 Å². The van der Waals surface area contributed by atoms with Gasteiger partial charge in [-0.25, -0.2) is 0 Å². The van der Waals surface area contributed by atoms with Crippen molar-refractivity contribution in [2.45, 2.75) is 82.2 Å². The summed E-state index contributed by atoms with van der Waals surface area (Å²) in [5.41, 5.74) is 4.25. The lowest BCUT2D eigenvalue weighted by molar-refractivity contribution is -0.382. The number of halogens is 1. The highest BCUT2D eigenvalue weighted by Gasteiger charge is 2.52. The van der Waals surface area contributed by atoms with Crippen molar-refractivity contribution in [1.82, 2.24) is 0 Å². The summed E-state index contributed by atoms with van der Waals surface area (Å²) in [6.45, 7) is 2.49. The topological polar surface area (TPSA) is 64.6 Å². The van der Waals surface area contributed by atoms with Crippen molar-refractivity contribution in [3.8, 4) is 0 Å². The van der Waals surface area contributed by atoms with Crippen LogP contribution in [0.4, 0.5) is 0 Å². The third-order valence-electron chi connectivity index (χ3n) is 8.69. The van der Waals surface area contributed by atoms with Gasteiger partial charge in [0.2, 0.25) is 0 Å². The molecule has 2 heterocycles. The number of hydrogen-bond donors (Lipinski definition) is 0. The zero-order valence-corrected chi connectivity index (χ0v) is 29.4. The van der Waals surface area contributed by atoms with Crippen molar-refractivity contribution < 1.29 is 33.2 Å². The van der Waals surface area contributed by atoms with Gasteiger partial charge < -0.3 is 33.2 Å². The summed E-state index contributed by atoms with van der Waals surface area (Å²) >= 11 is 2.35. The average molecular weight is 765 g/mol. The standard InChI is InChI=1S/C40H45IO7/c41-30-40(23-13-14-24-46-40)48-39-38(45-28-34-21-11-4-12-22-34)37(44-27-33-19-9-3-10-20-33)36(43-26-32-17-7-2-8-18-32)35(47-39)29-42-25-31-15-5-1-6-16-31/h1-12,15-22,35-39H,13-14,23-30H2/t35-,36-,37+,38-,39-,40?/m1/s1. The summed E-state index contributed by atoms with van der Waals surface area (Å²) in [6, 6.07) is 40.6. The molecule has 0 aromatic heterocycles. The second-order valence-electron chi connectivity index (χ2n) is 12.3. The zero-order valence-electron chi connectivity index (χ0n) is 27.2. The molecule has 2 fully saturated rings. The molecule has 8 heteroatoms. The van der Waals surface area contributed by atoms with E-state index in [1.807, 2.05) is 72.8 Å². The second-order valence-corrected chi connectivity index (χ2v) is 13.1. The highest BCUT2D eigenvalue weighted by molar-refractivity contribution is 14.1. The van der Waals surface area contributed by atoms with Gasteiger partial charge >= 0.3 is 0 Å². The van der Waals surface area contributed by atoms with Crippen LogP contribution in [0.5, 0.6) is 0 Å². The SMILES string of the molecule is ICC1(O[C@H]2O[C@H](COCc3ccccc3)[C@@H](OCc3ccccc3)[C@H](OCc3ccccc3)[C@H]2OCc2ccccc2)CCCCO1. The lowest BCUT2D eigenvalue weighted by atomic mass is 9.97. The van der Waals surface area contributed by atoms with Crippen LogP contribution >= 0.6 is 22.6 Å².